The molecule has 308 valence electrons. The first kappa shape index (κ1) is 40.5. The Hall–Kier alpha value is -6.29. The van der Waals surface area contributed by atoms with Crippen LogP contribution in [0.25, 0.3) is 22.2 Å². The van der Waals surface area contributed by atoms with E-state index in [1.165, 1.54) is 11.1 Å². The lowest BCUT2D eigenvalue weighted by Gasteiger charge is -2.32. The molecule has 0 aliphatic carbocycles. The van der Waals surface area contributed by atoms with E-state index in [0.29, 0.717) is 35.8 Å². The van der Waals surface area contributed by atoms with Crippen molar-refractivity contribution in [2.75, 3.05) is 33.2 Å². The number of carbonyl (C=O) groups excluding carboxylic acids is 3. The molecule has 8 rings (SSSR count). The van der Waals surface area contributed by atoms with Crippen LogP contribution in [0.4, 0.5) is 0 Å². The summed E-state index contributed by atoms with van der Waals surface area (Å²) < 4.78 is 12.2. The van der Waals surface area contributed by atoms with Gasteiger partial charge < -0.3 is 30.0 Å². The Labute approximate surface area is 350 Å². The fourth-order valence-corrected chi connectivity index (χ4v) is 8.59. The molecule has 4 aromatic carbocycles. The van der Waals surface area contributed by atoms with Crippen LogP contribution in [0.1, 0.15) is 76.7 Å². The van der Waals surface area contributed by atoms with Crippen LogP contribution in [0.5, 0.6) is 5.75 Å². The minimum Gasteiger partial charge on any atom is -0.490 e. The number of ether oxygens (including phenoxy) is 1. The summed E-state index contributed by atoms with van der Waals surface area (Å²) in [5, 5.41) is 15.4. The highest BCUT2D eigenvalue weighted by atomic mass is 16.5. The number of hydrogen-bond acceptors (Lipinski definition) is 9. The molecule has 0 bridgehead atoms. The average Bonchev–Trinajstić information content (AvgIpc) is 3.85. The Morgan fingerprint density at radius 3 is 2.37 bits per heavy atom. The number of benzene rings is 4. The van der Waals surface area contributed by atoms with Crippen molar-refractivity contribution in [1.82, 2.24) is 25.2 Å². The first-order valence-corrected chi connectivity index (χ1v) is 20.9. The van der Waals surface area contributed by atoms with E-state index >= 15 is 0 Å². The van der Waals surface area contributed by atoms with Crippen molar-refractivity contribution < 1.29 is 23.6 Å². The van der Waals surface area contributed by atoms with Crippen LogP contribution < -0.4 is 15.8 Å². The van der Waals surface area contributed by atoms with E-state index in [0.717, 1.165) is 105 Å². The number of likely N-dealkylation sites (tertiary alicyclic amines) is 2. The van der Waals surface area contributed by atoms with Gasteiger partial charge in [-0.3, -0.25) is 24.8 Å². The van der Waals surface area contributed by atoms with Crippen molar-refractivity contribution in [1.29, 1.82) is 5.41 Å². The van der Waals surface area contributed by atoms with E-state index in [2.05, 4.69) is 56.4 Å². The van der Waals surface area contributed by atoms with Gasteiger partial charge >= 0.3 is 0 Å². The number of piperidine rings is 2. The Kier molecular flexibility index (Phi) is 12.4. The summed E-state index contributed by atoms with van der Waals surface area (Å²) in [6.07, 6.45) is 5.37. The van der Waals surface area contributed by atoms with Crippen molar-refractivity contribution in [3.8, 4) is 28.9 Å². The highest BCUT2D eigenvalue weighted by molar-refractivity contribution is 6.02. The van der Waals surface area contributed by atoms with E-state index in [-0.39, 0.29) is 30.2 Å². The van der Waals surface area contributed by atoms with Gasteiger partial charge in [0, 0.05) is 74.4 Å². The third-order valence-corrected chi connectivity index (χ3v) is 12.0. The largest absolute Gasteiger partial charge is 0.490 e. The molecule has 2 amide bonds. The van der Waals surface area contributed by atoms with Gasteiger partial charge in [-0.1, -0.05) is 53.4 Å². The van der Waals surface area contributed by atoms with Gasteiger partial charge in [-0.2, -0.15) is 0 Å². The SMILES string of the molecule is CNC(=O)C(CCC=O)N1Cc2cc(C#CC3CCN(Cc4ccc(CN5CCC(Oc6cccc(-c7onc8ccc(C(=N)N)cc78)c6)CC5)cc4)CC3)ccc2C1=O. The lowest BCUT2D eigenvalue weighted by molar-refractivity contribution is -0.125. The molecule has 4 N–H and O–H groups in total. The van der Waals surface area contributed by atoms with Gasteiger partial charge in [0.1, 0.15) is 35.5 Å². The van der Waals surface area contributed by atoms with Crippen molar-refractivity contribution >= 4 is 34.8 Å². The zero-order valence-electron chi connectivity index (χ0n) is 34.0. The monoisotopic (exact) mass is 805 g/mol. The maximum absolute atomic E-state index is 13.1. The maximum atomic E-state index is 13.1. The lowest BCUT2D eigenvalue weighted by atomic mass is 9.96. The number of aldehydes is 1. The topological polar surface area (TPSA) is 158 Å². The molecule has 2 fully saturated rings. The molecule has 5 aromatic rings. The predicted octanol–water partition coefficient (Wildman–Crippen LogP) is 6.14. The van der Waals surface area contributed by atoms with Crippen LogP contribution in [-0.2, 0) is 29.2 Å². The van der Waals surface area contributed by atoms with Crippen molar-refractivity contribution in [3.05, 3.63) is 118 Å². The normalized spacial score (nSPS) is 16.9. The van der Waals surface area contributed by atoms with Gasteiger partial charge in [0.2, 0.25) is 5.91 Å². The summed E-state index contributed by atoms with van der Waals surface area (Å²) in [5.41, 5.74) is 12.9. The summed E-state index contributed by atoms with van der Waals surface area (Å²) in [6.45, 7) is 6.12. The standard InChI is InChI=1S/C48H51N7O5/c1-51-47(57)44(6-3-25-56)55-31-38-26-33(13-15-41(38)48(55)58)8-7-32-17-21-53(22-18-32)29-34-9-11-35(12-10-34)30-54-23-19-39(20-24-54)59-40-5-2-4-36(27-40)45-42-28-37(46(49)50)14-16-43(42)52-60-45/h2,4-5,9-16,25-28,32,39,44H,3,6,17-24,29-31H2,1H3,(H3,49,50)(H,51,57). The molecule has 4 heterocycles. The molecule has 12 heteroatoms. The molecule has 60 heavy (non-hydrogen) atoms. The fourth-order valence-electron chi connectivity index (χ4n) is 8.59. The second kappa shape index (κ2) is 18.3. The summed E-state index contributed by atoms with van der Waals surface area (Å²) in [7, 11) is 1.55. The number of nitrogens with zero attached hydrogens (tertiary/aromatic N) is 4. The number of likely N-dealkylation sites (N-methyl/N-ethyl adjacent to an activating group) is 1. The van der Waals surface area contributed by atoms with Gasteiger partial charge in [-0.25, -0.2) is 0 Å². The number of rotatable bonds is 13. The van der Waals surface area contributed by atoms with Gasteiger partial charge in [0.05, 0.1) is 5.39 Å². The fraction of sp³-hybridized carbons (Fsp3) is 0.354. The van der Waals surface area contributed by atoms with Crippen LogP contribution in [0, 0.1) is 23.2 Å². The second-order valence-electron chi connectivity index (χ2n) is 16.1. The molecule has 12 nitrogen and oxygen atoms in total. The van der Waals surface area contributed by atoms with Crippen molar-refractivity contribution in [3.63, 3.8) is 0 Å². The molecule has 1 atom stereocenters. The lowest BCUT2D eigenvalue weighted by Crippen LogP contribution is -2.46. The van der Waals surface area contributed by atoms with Crippen molar-refractivity contribution in [2.24, 2.45) is 11.7 Å². The quantitative estimate of drug-likeness (QED) is 0.0551. The van der Waals surface area contributed by atoms with Gasteiger partial charge in [0.25, 0.3) is 5.91 Å². The van der Waals surface area contributed by atoms with Gasteiger partial charge in [-0.15, -0.1) is 0 Å². The number of nitrogens with one attached hydrogen (secondary N) is 2. The molecule has 0 radical (unpaired) electrons. The number of nitrogens with two attached hydrogens (primary N) is 1. The molecule has 0 spiro atoms. The number of aromatic nitrogens is 1. The third kappa shape index (κ3) is 9.28. The zero-order valence-corrected chi connectivity index (χ0v) is 34.0. The highest BCUT2D eigenvalue weighted by Gasteiger charge is 2.36. The molecular weight excluding hydrogens is 755 g/mol. The van der Waals surface area contributed by atoms with Crippen LogP contribution in [0.2, 0.25) is 0 Å². The summed E-state index contributed by atoms with van der Waals surface area (Å²) in [4.78, 5) is 43.2. The van der Waals surface area contributed by atoms with E-state index in [1.807, 2.05) is 54.6 Å². The van der Waals surface area contributed by atoms with E-state index in [4.69, 9.17) is 20.4 Å². The van der Waals surface area contributed by atoms with Crippen LogP contribution in [-0.4, -0.2) is 89.2 Å². The minimum atomic E-state index is -0.675. The molecule has 3 aliphatic rings. The minimum absolute atomic E-state index is 0.00587. The third-order valence-electron chi connectivity index (χ3n) is 12.0. The predicted molar refractivity (Wildman–Crippen MR) is 230 cm³/mol. The molecular formula is C48H51N7O5. The molecule has 2 saturated heterocycles. The Bertz CT molecular complexity index is 2430. The summed E-state index contributed by atoms with van der Waals surface area (Å²) >= 11 is 0. The Morgan fingerprint density at radius 2 is 1.68 bits per heavy atom. The molecule has 1 aromatic heterocycles. The van der Waals surface area contributed by atoms with Crippen LogP contribution in [0.15, 0.2) is 89.5 Å². The van der Waals surface area contributed by atoms with Crippen LogP contribution >= 0.6 is 0 Å². The van der Waals surface area contributed by atoms with Crippen molar-refractivity contribution in [2.45, 2.75) is 70.3 Å². The number of amidine groups is 1. The van der Waals surface area contributed by atoms with E-state index < -0.39 is 6.04 Å². The summed E-state index contributed by atoms with van der Waals surface area (Å²) in [6, 6.07) is 27.4. The number of amides is 2. The first-order chi connectivity index (χ1) is 29.2. The van der Waals surface area contributed by atoms with E-state index in [1.54, 1.807) is 18.0 Å². The smallest absolute Gasteiger partial charge is 0.255 e. The maximum Gasteiger partial charge on any atom is 0.255 e. The first-order valence-electron chi connectivity index (χ1n) is 20.9. The highest BCUT2D eigenvalue weighted by Crippen LogP contribution is 2.33. The number of nitrogen functional groups attached to an aromatic ring is 1. The Balaban J connectivity index is 0.771. The number of hydrogen-bond donors (Lipinski definition) is 3. The molecule has 0 saturated carbocycles. The second-order valence-corrected chi connectivity index (χ2v) is 16.1. The van der Waals surface area contributed by atoms with E-state index in [9.17, 15) is 14.4 Å². The zero-order chi connectivity index (χ0) is 41.6. The summed E-state index contributed by atoms with van der Waals surface area (Å²) in [5.74, 6) is 8.17. The number of carbonyl (C=O) groups is 3. The molecule has 1 unspecified atom stereocenters. The van der Waals surface area contributed by atoms with Crippen LogP contribution in [0.3, 0.4) is 0 Å². The van der Waals surface area contributed by atoms with Gasteiger partial charge in [-0.05, 0) is 110 Å². The number of fused-ring (bicyclic) bond motifs is 2. The molecule has 3 aliphatic heterocycles. The Morgan fingerprint density at radius 1 is 0.967 bits per heavy atom. The average molecular weight is 806 g/mol. The van der Waals surface area contributed by atoms with Gasteiger partial charge in [0.15, 0.2) is 5.76 Å².